The predicted molar refractivity (Wildman–Crippen MR) is 77.1 cm³/mol. The zero-order valence-corrected chi connectivity index (χ0v) is 11.3. The summed E-state index contributed by atoms with van der Waals surface area (Å²) < 4.78 is 11.2. The lowest BCUT2D eigenvalue weighted by Crippen LogP contribution is -2.22. The molecule has 1 aromatic rings. The Labute approximate surface area is 113 Å². The second-order valence-corrected chi connectivity index (χ2v) is 4.46. The van der Waals surface area contributed by atoms with E-state index in [1.54, 1.807) is 0 Å². The van der Waals surface area contributed by atoms with Crippen LogP contribution in [0.2, 0.25) is 0 Å². The second kappa shape index (κ2) is 6.87. The maximum atomic E-state index is 5.82. The highest BCUT2D eigenvalue weighted by molar-refractivity contribution is 5.92. The molecule has 1 heterocycles. The highest BCUT2D eigenvalue weighted by Gasteiger charge is 2.10. The van der Waals surface area contributed by atoms with Gasteiger partial charge in [-0.15, -0.1) is 0 Å². The van der Waals surface area contributed by atoms with Crippen molar-refractivity contribution in [3.8, 4) is 11.5 Å². The third kappa shape index (κ3) is 4.05. The SMILES string of the molecule is CCCCN=C(N)Nc1ccc2c(c1)OCCCO2. The van der Waals surface area contributed by atoms with Crippen molar-refractivity contribution in [1.82, 2.24) is 0 Å². The van der Waals surface area contributed by atoms with Gasteiger partial charge in [0.25, 0.3) is 0 Å². The molecule has 0 unspecified atom stereocenters. The summed E-state index contributed by atoms with van der Waals surface area (Å²) in [6.07, 6.45) is 3.06. The zero-order valence-electron chi connectivity index (χ0n) is 11.3. The predicted octanol–water partition coefficient (Wildman–Crippen LogP) is 2.37. The number of nitrogens with two attached hydrogens (primary N) is 1. The van der Waals surface area contributed by atoms with Crippen LogP contribution in [-0.2, 0) is 0 Å². The maximum Gasteiger partial charge on any atom is 0.193 e. The van der Waals surface area contributed by atoms with Gasteiger partial charge >= 0.3 is 0 Å². The molecule has 3 N–H and O–H groups in total. The first-order valence-corrected chi connectivity index (χ1v) is 6.76. The van der Waals surface area contributed by atoms with Gasteiger partial charge in [0, 0.05) is 24.7 Å². The topological polar surface area (TPSA) is 68.9 Å². The number of hydrogen-bond donors (Lipinski definition) is 2. The van der Waals surface area contributed by atoms with E-state index in [0.29, 0.717) is 19.2 Å². The number of nitrogens with one attached hydrogen (secondary N) is 1. The summed E-state index contributed by atoms with van der Waals surface area (Å²) in [7, 11) is 0. The van der Waals surface area contributed by atoms with Gasteiger partial charge in [0.1, 0.15) is 0 Å². The monoisotopic (exact) mass is 263 g/mol. The fourth-order valence-electron chi connectivity index (χ4n) is 1.79. The van der Waals surface area contributed by atoms with Crippen LogP contribution in [0, 0.1) is 0 Å². The highest BCUT2D eigenvalue weighted by atomic mass is 16.5. The molecule has 1 aliphatic heterocycles. The van der Waals surface area contributed by atoms with Crippen molar-refractivity contribution in [2.45, 2.75) is 26.2 Å². The van der Waals surface area contributed by atoms with Crippen LogP contribution in [-0.4, -0.2) is 25.7 Å². The van der Waals surface area contributed by atoms with E-state index in [-0.39, 0.29) is 0 Å². The molecule has 0 spiro atoms. The Balaban J connectivity index is 2.01. The Morgan fingerprint density at radius 2 is 2.11 bits per heavy atom. The third-order valence-electron chi connectivity index (χ3n) is 2.81. The van der Waals surface area contributed by atoms with Crippen LogP contribution < -0.4 is 20.5 Å². The molecule has 5 nitrogen and oxygen atoms in total. The van der Waals surface area contributed by atoms with Gasteiger partial charge in [0.15, 0.2) is 17.5 Å². The lowest BCUT2D eigenvalue weighted by Gasteiger charge is -2.10. The van der Waals surface area contributed by atoms with Crippen LogP contribution in [0.3, 0.4) is 0 Å². The third-order valence-corrected chi connectivity index (χ3v) is 2.81. The van der Waals surface area contributed by atoms with E-state index in [1.165, 1.54) is 0 Å². The number of ether oxygens (including phenoxy) is 2. The molecule has 0 bridgehead atoms. The molecule has 0 amide bonds. The minimum Gasteiger partial charge on any atom is -0.490 e. The largest absolute Gasteiger partial charge is 0.490 e. The van der Waals surface area contributed by atoms with Gasteiger partial charge < -0.3 is 20.5 Å². The summed E-state index contributed by atoms with van der Waals surface area (Å²) >= 11 is 0. The maximum absolute atomic E-state index is 5.82. The molecular formula is C14H21N3O2. The summed E-state index contributed by atoms with van der Waals surface area (Å²) in [4.78, 5) is 4.25. The van der Waals surface area contributed by atoms with Crippen LogP contribution in [0.5, 0.6) is 11.5 Å². The van der Waals surface area contributed by atoms with Crippen molar-refractivity contribution in [2.75, 3.05) is 25.1 Å². The van der Waals surface area contributed by atoms with Gasteiger partial charge in [-0.05, 0) is 18.6 Å². The quantitative estimate of drug-likeness (QED) is 0.497. The van der Waals surface area contributed by atoms with E-state index >= 15 is 0 Å². The summed E-state index contributed by atoms with van der Waals surface area (Å²) in [6, 6.07) is 5.70. The van der Waals surface area contributed by atoms with E-state index in [9.17, 15) is 0 Å². The molecule has 0 aliphatic carbocycles. The van der Waals surface area contributed by atoms with Gasteiger partial charge in [0.2, 0.25) is 0 Å². The fraction of sp³-hybridized carbons (Fsp3) is 0.500. The van der Waals surface area contributed by atoms with Crippen molar-refractivity contribution < 1.29 is 9.47 Å². The summed E-state index contributed by atoms with van der Waals surface area (Å²) in [6.45, 7) is 4.25. The molecule has 2 rings (SSSR count). The van der Waals surface area contributed by atoms with E-state index in [4.69, 9.17) is 15.2 Å². The van der Waals surface area contributed by atoms with E-state index < -0.39 is 0 Å². The summed E-state index contributed by atoms with van der Waals surface area (Å²) in [5.74, 6) is 1.97. The number of anilines is 1. The van der Waals surface area contributed by atoms with Gasteiger partial charge in [0.05, 0.1) is 13.2 Å². The van der Waals surface area contributed by atoms with Crippen LogP contribution in [0.1, 0.15) is 26.2 Å². The van der Waals surface area contributed by atoms with Crippen LogP contribution in [0.15, 0.2) is 23.2 Å². The molecule has 0 saturated heterocycles. The number of unbranched alkanes of at least 4 members (excludes halogenated alkanes) is 1. The summed E-state index contributed by atoms with van der Waals surface area (Å²) in [5, 5.41) is 3.06. The molecule has 5 heteroatoms. The molecule has 0 aromatic heterocycles. The van der Waals surface area contributed by atoms with Crippen molar-refractivity contribution in [3.05, 3.63) is 18.2 Å². The number of benzene rings is 1. The molecule has 19 heavy (non-hydrogen) atoms. The fourth-order valence-corrected chi connectivity index (χ4v) is 1.79. The summed E-state index contributed by atoms with van der Waals surface area (Å²) in [5.41, 5.74) is 6.68. The van der Waals surface area contributed by atoms with Gasteiger partial charge in [-0.25, -0.2) is 0 Å². The number of aliphatic imine (C=N–C) groups is 1. The molecule has 104 valence electrons. The number of rotatable bonds is 4. The molecule has 0 atom stereocenters. The van der Waals surface area contributed by atoms with Crippen molar-refractivity contribution in [1.29, 1.82) is 0 Å². The Morgan fingerprint density at radius 1 is 1.32 bits per heavy atom. The van der Waals surface area contributed by atoms with Gasteiger partial charge in [-0.3, -0.25) is 4.99 Å². The normalized spacial score (nSPS) is 14.9. The number of fused-ring (bicyclic) bond motifs is 1. The van der Waals surface area contributed by atoms with Gasteiger partial charge in [-0.2, -0.15) is 0 Å². The van der Waals surface area contributed by atoms with Crippen molar-refractivity contribution in [3.63, 3.8) is 0 Å². The van der Waals surface area contributed by atoms with E-state index in [2.05, 4.69) is 17.2 Å². The second-order valence-electron chi connectivity index (χ2n) is 4.46. The number of hydrogen-bond acceptors (Lipinski definition) is 3. The lowest BCUT2D eigenvalue weighted by molar-refractivity contribution is 0.297. The average Bonchev–Trinajstić information content (AvgIpc) is 2.63. The van der Waals surface area contributed by atoms with Crippen molar-refractivity contribution in [2.24, 2.45) is 10.7 Å². The van der Waals surface area contributed by atoms with Crippen LogP contribution in [0.4, 0.5) is 5.69 Å². The zero-order chi connectivity index (χ0) is 13.5. The molecular weight excluding hydrogens is 242 g/mol. The number of guanidine groups is 1. The Hall–Kier alpha value is -1.91. The molecule has 0 saturated carbocycles. The Bertz CT molecular complexity index is 446. The van der Waals surface area contributed by atoms with E-state index in [0.717, 1.165) is 43.0 Å². The molecule has 1 aliphatic rings. The first-order chi connectivity index (χ1) is 9.29. The van der Waals surface area contributed by atoms with Crippen LogP contribution >= 0.6 is 0 Å². The minimum absolute atomic E-state index is 0.433. The first-order valence-electron chi connectivity index (χ1n) is 6.76. The molecule has 0 radical (unpaired) electrons. The minimum atomic E-state index is 0.433. The lowest BCUT2D eigenvalue weighted by atomic mass is 10.3. The van der Waals surface area contributed by atoms with Crippen LogP contribution in [0.25, 0.3) is 0 Å². The standard InChI is InChI=1S/C14H21N3O2/c1-2-3-7-16-14(15)17-11-5-6-12-13(10-11)19-9-4-8-18-12/h5-6,10H,2-4,7-9H2,1H3,(H3,15,16,17). The highest BCUT2D eigenvalue weighted by Crippen LogP contribution is 2.32. The first kappa shape index (κ1) is 13.5. The smallest absolute Gasteiger partial charge is 0.193 e. The molecule has 1 aromatic carbocycles. The molecule has 0 fully saturated rings. The van der Waals surface area contributed by atoms with Gasteiger partial charge in [-0.1, -0.05) is 13.3 Å². The Morgan fingerprint density at radius 3 is 2.89 bits per heavy atom. The van der Waals surface area contributed by atoms with E-state index in [1.807, 2.05) is 18.2 Å². The van der Waals surface area contributed by atoms with Crippen molar-refractivity contribution >= 4 is 11.6 Å². The number of nitrogens with zero attached hydrogens (tertiary/aromatic N) is 1. The average molecular weight is 263 g/mol. The Kier molecular flexibility index (Phi) is 4.89.